The Labute approximate surface area is 127 Å². The van der Waals surface area contributed by atoms with Crippen LogP contribution in [0.3, 0.4) is 0 Å². The van der Waals surface area contributed by atoms with Gasteiger partial charge in [-0.25, -0.2) is 9.42 Å². The van der Waals surface area contributed by atoms with Crippen molar-refractivity contribution in [3.63, 3.8) is 0 Å². The van der Waals surface area contributed by atoms with E-state index in [9.17, 15) is 9.59 Å². The zero-order valence-corrected chi connectivity index (χ0v) is 12.7. The molecule has 1 aromatic heterocycles. The van der Waals surface area contributed by atoms with E-state index in [1.165, 1.54) is 0 Å². The van der Waals surface area contributed by atoms with E-state index in [-0.39, 0.29) is 18.9 Å². The van der Waals surface area contributed by atoms with E-state index < -0.39 is 11.7 Å². The summed E-state index contributed by atoms with van der Waals surface area (Å²) in [6, 6.07) is 5.17. The first kappa shape index (κ1) is 15.7. The van der Waals surface area contributed by atoms with E-state index in [0.717, 1.165) is 0 Å². The Morgan fingerprint density at radius 1 is 1.27 bits per heavy atom. The fraction of sp³-hybridized carbons (Fsp3) is 0.429. The summed E-state index contributed by atoms with van der Waals surface area (Å²) >= 11 is 0. The highest BCUT2D eigenvalue weighted by molar-refractivity contribution is 5.99. The maximum atomic E-state index is 11.9. The minimum atomic E-state index is -0.568. The first-order valence-corrected chi connectivity index (χ1v) is 6.83. The van der Waals surface area contributed by atoms with E-state index in [0.29, 0.717) is 16.7 Å². The molecule has 0 unspecified atom stereocenters. The van der Waals surface area contributed by atoms with Crippen LogP contribution < -0.4 is 10.6 Å². The first-order chi connectivity index (χ1) is 10.3. The topological polar surface area (TPSA) is 106 Å². The molecule has 0 spiro atoms. The van der Waals surface area contributed by atoms with Crippen molar-refractivity contribution in [1.82, 2.24) is 15.6 Å². The number of nitrogens with zero attached hydrogens (tertiary/aromatic N) is 2. The number of ether oxygens (including phenoxy) is 1. The highest BCUT2D eigenvalue weighted by Crippen LogP contribution is 2.19. The molecule has 0 aliphatic heterocycles. The Balaban J connectivity index is 1.81. The minimum absolute atomic E-state index is 0.112. The van der Waals surface area contributed by atoms with Crippen molar-refractivity contribution < 1.29 is 19.0 Å². The van der Waals surface area contributed by atoms with Gasteiger partial charge in [0.25, 0.3) is 0 Å². The molecule has 0 saturated carbocycles. The molecule has 0 bridgehead atoms. The summed E-state index contributed by atoms with van der Waals surface area (Å²) in [6.45, 7) is 5.48. The lowest BCUT2D eigenvalue weighted by molar-refractivity contribution is -0.116. The number of rotatable bonds is 4. The number of hydrogen-bond acceptors (Lipinski definition) is 6. The van der Waals surface area contributed by atoms with Crippen molar-refractivity contribution in [1.29, 1.82) is 0 Å². The summed E-state index contributed by atoms with van der Waals surface area (Å²) in [5, 5.41) is 12.6. The Kier molecular flexibility index (Phi) is 4.59. The predicted octanol–water partition coefficient (Wildman–Crippen LogP) is 2.08. The molecule has 0 atom stereocenters. The van der Waals surface area contributed by atoms with Gasteiger partial charge in [0, 0.05) is 13.0 Å². The molecule has 1 aromatic carbocycles. The summed E-state index contributed by atoms with van der Waals surface area (Å²) in [5.41, 5.74) is 0.990. The molecule has 8 nitrogen and oxygen atoms in total. The zero-order valence-electron chi connectivity index (χ0n) is 12.7. The van der Waals surface area contributed by atoms with Crippen LogP contribution in [0.15, 0.2) is 22.8 Å². The van der Waals surface area contributed by atoms with E-state index in [1.54, 1.807) is 39.0 Å². The molecular formula is C14H18N4O4. The van der Waals surface area contributed by atoms with Crippen molar-refractivity contribution in [3.05, 3.63) is 18.2 Å². The lowest BCUT2D eigenvalue weighted by Crippen LogP contribution is -2.34. The molecule has 1 heterocycles. The van der Waals surface area contributed by atoms with Crippen LogP contribution in [-0.2, 0) is 9.53 Å². The molecule has 0 saturated heterocycles. The maximum absolute atomic E-state index is 11.9. The standard InChI is InChI=1S/C14H18N4O4/c1-14(2,3)21-13(20)15-8-7-11(19)16-9-5-4-6-10-12(9)18-22-17-10/h4-6H,7-8H2,1-3H3,(H,15,20)(H,16,19). The van der Waals surface area contributed by atoms with Crippen LogP contribution in [0, 0.1) is 0 Å². The van der Waals surface area contributed by atoms with Gasteiger partial charge in [0.1, 0.15) is 11.1 Å². The zero-order chi connectivity index (χ0) is 16.2. The van der Waals surface area contributed by atoms with Crippen LogP contribution in [0.5, 0.6) is 0 Å². The molecule has 2 amide bonds. The highest BCUT2D eigenvalue weighted by atomic mass is 16.6. The second-order valence-corrected chi connectivity index (χ2v) is 5.66. The quantitative estimate of drug-likeness (QED) is 0.895. The van der Waals surface area contributed by atoms with Gasteiger partial charge in [-0.1, -0.05) is 6.07 Å². The number of nitrogens with one attached hydrogen (secondary N) is 2. The molecule has 0 aliphatic rings. The normalized spacial score (nSPS) is 11.2. The van der Waals surface area contributed by atoms with Crippen LogP contribution in [-0.4, -0.2) is 34.5 Å². The first-order valence-electron chi connectivity index (χ1n) is 6.83. The predicted molar refractivity (Wildman–Crippen MR) is 79.3 cm³/mol. The highest BCUT2D eigenvalue weighted by Gasteiger charge is 2.16. The number of hydrogen-bond donors (Lipinski definition) is 2. The largest absolute Gasteiger partial charge is 0.444 e. The number of alkyl carbamates (subject to hydrolysis) is 1. The smallest absolute Gasteiger partial charge is 0.407 e. The number of amides is 2. The fourth-order valence-corrected chi connectivity index (χ4v) is 1.71. The van der Waals surface area contributed by atoms with E-state index in [4.69, 9.17) is 4.74 Å². The fourth-order valence-electron chi connectivity index (χ4n) is 1.71. The van der Waals surface area contributed by atoms with Crippen molar-refractivity contribution in [2.45, 2.75) is 32.8 Å². The van der Waals surface area contributed by atoms with Gasteiger partial charge in [0.05, 0.1) is 5.69 Å². The van der Waals surface area contributed by atoms with Crippen LogP contribution in [0.1, 0.15) is 27.2 Å². The van der Waals surface area contributed by atoms with E-state index >= 15 is 0 Å². The number of carbonyl (C=O) groups is 2. The van der Waals surface area contributed by atoms with Crippen LogP contribution in [0.25, 0.3) is 11.0 Å². The maximum Gasteiger partial charge on any atom is 0.407 e. The van der Waals surface area contributed by atoms with Gasteiger partial charge >= 0.3 is 6.09 Å². The van der Waals surface area contributed by atoms with Crippen molar-refractivity contribution in [2.75, 3.05) is 11.9 Å². The van der Waals surface area contributed by atoms with Gasteiger partial charge in [-0.3, -0.25) is 4.79 Å². The molecule has 22 heavy (non-hydrogen) atoms. The number of benzene rings is 1. The van der Waals surface area contributed by atoms with Gasteiger partial charge in [0.15, 0.2) is 5.52 Å². The second-order valence-electron chi connectivity index (χ2n) is 5.66. The third-order valence-electron chi connectivity index (χ3n) is 2.58. The Morgan fingerprint density at radius 3 is 2.77 bits per heavy atom. The summed E-state index contributed by atoms with van der Waals surface area (Å²) in [5.74, 6) is -0.258. The van der Waals surface area contributed by atoms with Gasteiger partial charge in [-0.2, -0.15) is 0 Å². The molecule has 118 valence electrons. The van der Waals surface area contributed by atoms with Crippen LogP contribution in [0.4, 0.5) is 10.5 Å². The number of anilines is 1. The number of carbonyl (C=O) groups excluding carboxylic acids is 2. The summed E-state index contributed by atoms with van der Waals surface area (Å²) in [7, 11) is 0. The Hall–Kier alpha value is -2.64. The van der Waals surface area contributed by atoms with Crippen molar-refractivity contribution >= 4 is 28.7 Å². The second kappa shape index (κ2) is 6.42. The van der Waals surface area contributed by atoms with Crippen LogP contribution in [0.2, 0.25) is 0 Å². The molecule has 0 aliphatic carbocycles. The molecule has 2 rings (SSSR count). The number of aromatic nitrogens is 2. The minimum Gasteiger partial charge on any atom is -0.444 e. The molecule has 0 radical (unpaired) electrons. The Bertz CT molecular complexity index is 675. The van der Waals surface area contributed by atoms with Gasteiger partial charge in [-0.05, 0) is 43.2 Å². The lowest BCUT2D eigenvalue weighted by Gasteiger charge is -2.19. The van der Waals surface area contributed by atoms with Gasteiger partial charge < -0.3 is 15.4 Å². The summed E-state index contributed by atoms with van der Waals surface area (Å²) in [4.78, 5) is 23.3. The van der Waals surface area contributed by atoms with Crippen LogP contribution >= 0.6 is 0 Å². The average Bonchev–Trinajstić information content (AvgIpc) is 2.85. The van der Waals surface area contributed by atoms with Gasteiger partial charge in [-0.15, -0.1) is 0 Å². The third kappa shape index (κ3) is 4.44. The molecule has 2 N–H and O–H groups in total. The summed E-state index contributed by atoms with van der Waals surface area (Å²) in [6.07, 6.45) is -0.441. The summed E-state index contributed by atoms with van der Waals surface area (Å²) < 4.78 is 9.69. The SMILES string of the molecule is CC(C)(C)OC(=O)NCCC(=O)Nc1cccc2nonc12. The molecular weight excluding hydrogens is 288 g/mol. The van der Waals surface area contributed by atoms with E-state index in [1.807, 2.05) is 0 Å². The number of fused-ring (bicyclic) bond motifs is 1. The van der Waals surface area contributed by atoms with Crippen molar-refractivity contribution in [2.24, 2.45) is 0 Å². The lowest BCUT2D eigenvalue weighted by atomic mass is 10.2. The van der Waals surface area contributed by atoms with E-state index in [2.05, 4.69) is 25.6 Å². The Morgan fingerprint density at radius 2 is 2.05 bits per heavy atom. The third-order valence-corrected chi connectivity index (χ3v) is 2.58. The molecule has 0 fully saturated rings. The average molecular weight is 306 g/mol. The molecule has 8 heteroatoms. The molecule has 2 aromatic rings. The van der Waals surface area contributed by atoms with Crippen molar-refractivity contribution in [3.8, 4) is 0 Å². The monoisotopic (exact) mass is 306 g/mol. The van der Waals surface area contributed by atoms with Gasteiger partial charge in [0.2, 0.25) is 5.91 Å².